The highest BCUT2D eigenvalue weighted by molar-refractivity contribution is 6.00. The Morgan fingerprint density at radius 2 is 1.74 bits per heavy atom. The lowest BCUT2D eigenvalue weighted by Gasteiger charge is -2.68. The van der Waals surface area contributed by atoms with Gasteiger partial charge in [0, 0.05) is 35.4 Å². The molecule has 1 aliphatic heterocycles. The van der Waals surface area contributed by atoms with Crippen molar-refractivity contribution in [3.8, 4) is 5.75 Å². The maximum Gasteiger partial charge on any atom is 0.160 e. The number of anilines is 1. The van der Waals surface area contributed by atoms with E-state index in [-0.39, 0.29) is 57.2 Å². The van der Waals surface area contributed by atoms with Crippen LogP contribution < -0.4 is 11.1 Å². The Hall–Kier alpha value is -3.00. The number of benzene rings is 2. The zero-order valence-electron chi connectivity index (χ0n) is 36.0. The van der Waals surface area contributed by atoms with Crippen molar-refractivity contribution in [3.05, 3.63) is 70.3 Å². The summed E-state index contributed by atoms with van der Waals surface area (Å²) in [6.07, 6.45) is 10.1. The van der Waals surface area contributed by atoms with Crippen LogP contribution in [0.25, 0.3) is 0 Å². The number of phenolic OH excluding ortho intramolecular Hbond substituents is 1. The summed E-state index contributed by atoms with van der Waals surface area (Å²) in [6.45, 7) is 16.7. The Balaban J connectivity index is 1.07. The largest absolute Gasteiger partial charge is 0.508 e. The van der Waals surface area contributed by atoms with Crippen molar-refractivity contribution in [3.63, 3.8) is 0 Å². The highest BCUT2D eigenvalue weighted by Crippen LogP contribution is 2.75. The van der Waals surface area contributed by atoms with E-state index in [0.717, 1.165) is 86.6 Å². The number of Topliss-reactive ketones (excluding diaryl/α,β-unsaturated/α-hetero) is 2. The standard InChI is InChI=1S/C50H70N2O5/c1-9-12-31(25-39(54)45-50(7,57-45)37-16-11-15-35(37)30-13-10-14-33(51)23-30)43-38-17-18-42-47(4)26-36(32-21-29(28-52-8)22-34(53)24-32)44(56)46(2,3)41(47)19-20-48(42,5)49(38,6)27-40(43)55/h10,13-14,21-24,31,35-37,39,41-42,45,52-54H,9,11-12,15-20,25-28,51H2,1-8H3/t31-,35+,36+,37-,39-,41+,42-,45-,47-,48+,49+,50-/m1/s1. The predicted octanol–water partition coefficient (Wildman–Crippen LogP) is 9.79. The first-order valence-corrected chi connectivity index (χ1v) is 22.4. The van der Waals surface area contributed by atoms with Gasteiger partial charge in [-0.2, -0.15) is 0 Å². The van der Waals surface area contributed by atoms with E-state index in [1.54, 1.807) is 6.07 Å². The molecule has 5 fully saturated rings. The van der Waals surface area contributed by atoms with Crippen LogP contribution in [0.2, 0.25) is 0 Å². The molecule has 0 radical (unpaired) electrons. The number of hydrogen-bond donors (Lipinski definition) is 4. The number of fused-ring (bicyclic) bond motifs is 5. The number of aliphatic hydroxyl groups is 1. The quantitative estimate of drug-likeness (QED) is 0.132. The minimum Gasteiger partial charge on any atom is -0.508 e. The molecule has 8 rings (SSSR count). The summed E-state index contributed by atoms with van der Waals surface area (Å²) in [5, 5.41) is 26.0. The highest BCUT2D eigenvalue weighted by Gasteiger charge is 2.69. The van der Waals surface area contributed by atoms with Crippen LogP contribution in [0.3, 0.4) is 0 Å². The summed E-state index contributed by atoms with van der Waals surface area (Å²) in [5.41, 5.74) is 11.2. The van der Waals surface area contributed by atoms with Gasteiger partial charge in [0.15, 0.2) is 5.78 Å². The predicted molar refractivity (Wildman–Crippen MR) is 227 cm³/mol. The number of nitrogen functional groups attached to an aromatic ring is 1. The average molecular weight is 779 g/mol. The third kappa shape index (κ3) is 6.29. The van der Waals surface area contributed by atoms with Crippen molar-refractivity contribution in [1.29, 1.82) is 0 Å². The molecule has 4 saturated carbocycles. The first-order chi connectivity index (χ1) is 26.9. The monoisotopic (exact) mass is 779 g/mol. The molecular formula is C50H70N2O5. The molecule has 7 heteroatoms. The molecule has 0 bridgehead atoms. The number of nitrogens with two attached hydrogens (primary N) is 1. The van der Waals surface area contributed by atoms with Crippen LogP contribution >= 0.6 is 0 Å². The number of ether oxygens (including phenoxy) is 1. The molecule has 6 aliphatic rings. The summed E-state index contributed by atoms with van der Waals surface area (Å²) in [7, 11) is 1.90. The van der Waals surface area contributed by atoms with Gasteiger partial charge in [0.05, 0.1) is 11.7 Å². The molecule has 0 aromatic heterocycles. The number of ketones is 2. The normalized spacial score (nSPS) is 39.4. The summed E-state index contributed by atoms with van der Waals surface area (Å²) < 4.78 is 6.54. The molecule has 7 nitrogen and oxygen atoms in total. The lowest BCUT2D eigenvalue weighted by atomic mass is 9.35. The number of rotatable bonds is 11. The SMILES string of the molecule is CCC[C@H](C[C@@H](O)[C@H]1O[C@]1(C)[C@@H]1CCC[C@H]1c1cccc(N)c1)C1=C2CC[C@@H]3[C@]4(C)C[C@@H](c5cc(O)cc(CNC)c5)C(=O)C(C)(C)[C@@H]4CC[C@]3(C)[C@@]2(C)CC1=O. The molecule has 0 amide bonds. The number of hydrogen-bond acceptors (Lipinski definition) is 7. The number of carbonyl (C=O) groups is 2. The second-order valence-electron chi connectivity index (χ2n) is 21.1. The van der Waals surface area contributed by atoms with E-state index in [1.807, 2.05) is 25.2 Å². The van der Waals surface area contributed by atoms with Gasteiger partial charge in [-0.1, -0.05) is 78.2 Å². The Kier molecular flexibility index (Phi) is 10.2. The van der Waals surface area contributed by atoms with Gasteiger partial charge in [-0.25, -0.2) is 0 Å². The number of phenols is 1. The summed E-state index contributed by atoms with van der Waals surface area (Å²) in [4.78, 5) is 29.1. The van der Waals surface area contributed by atoms with E-state index in [9.17, 15) is 19.8 Å². The van der Waals surface area contributed by atoms with E-state index in [2.05, 4.69) is 72.0 Å². The number of carbonyl (C=O) groups excluding carboxylic acids is 2. The molecular weight excluding hydrogens is 709 g/mol. The molecule has 0 spiro atoms. The molecule has 1 heterocycles. The Bertz CT molecular complexity index is 1950. The first-order valence-electron chi connectivity index (χ1n) is 22.4. The van der Waals surface area contributed by atoms with E-state index >= 15 is 0 Å². The summed E-state index contributed by atoms with van der Waals surface area (Å²) in [6, 6.07) is 14.0. The van der Waals surface area contributed by atoms with Crippen molar-refractivity contribution in [2.75, 3.05) is 12.8 Å². The molecule has 1 saturated heterocycles. The van der Waals surface area contributed by atoms with Crippen LogP contribution in [0.4, 0.5) is 5.69 Å². The number of aromatic hydroxyl groups is 1. The van der Waals surface area contributed by atoms with E-state index in [4.69, 9.17) is 10.5 Å². The minimum atomic E-state index is -0.632. The van der Waals surface area contributed by atoms with Gasteiger partial charge in [-0.05, 0) is 159 Å². The van der Waals surface area contributed by atoms with Gasteiger partial charge in [-0.15, -0.1) is 0 Å². The molecule has 310 valence electrons. The third-order valence-corrected chi connectivity index (χ3v) is 17.7. The molecule has 2 aromatic carbocycles. The van der Waals surface area contributed by atoms with Crippen LogP contribution in [0, 0.1) is 45.3 Å². The van der Waals surface area contributed by atoms with Gasteiger partial charge in [0.2, 0.25) is 0 Å². The zero-order valence-corrected chi connectivity index (χ0v) is 36.0. The van der Waals surface area contributed by atoms with Crippen molar-refractivity contribution in [2.45, 2.75) is 162 Å². The Labute approximate surface area is 342 Å². The maximum atomic E-state index is 14.6. The highest BCUT2D eigenvalue weighted by atomic mass is 16.6. The second-order valence-corrected chi connectivity index (χ2v) is 21.1. The summed E-state index contributed by atoms with van der Waals surface area (Å²) in [5.74, 6) is 1.83. The molecule has 5 aliphatic carbocycles. The van der Waals surface area contributed by atoms with Crippen LogP contribution in [-0.2, 0) is 20.9 Å². The molecule has 2 aromatic rings. The lowest BCUT2D eigenvalue weighted by Crippen LogP contribution is -2.63. The van der Waals surface area contributed by atoms with Gasteiger partial charge in [0.25, 0.3) is 0 Å². The average Bonchev–Trinajstić information content (AvgIpc) is 3.45. The van der Waals surface area contributed by atoms with Crippen LogP contribution in [-0.4, -0.2) is 46.6 Å². The fourth-order valence-corrected chi connectivity index (χ4v) is 15.0. The second kappa shape index (κ2) is 14.3. The fourth-order valence-electron chi connectivity index (χ4n) is 15.0. The van der Waals surface area contributed by atoms with E-state index in [0.29, 0.717) is 42.9 Å². The Morgan fingerprint density at radius 3 is 2.46 bits per heavy atom. The summed E-state index contributed by atoms with van der Waals surface area (Å²) >= 11 is 0. The number of allylic oxidation sites excluding steroid dienone is 2. The van der Waals surface area contributed by atoms with Gasteiger partial charge in [0.1, 0.15) is 17.6 Å². The van der Waals surface area contributed by atoms with Crippen molar-refractivity contribution in [2.24, 2.45) is 45.3 Å². The minimum absolute atomic E-state index is 0.0105. The number of nitrogens with one attached hydrogen (secondary N) is 1. The van der Waals surface area contributed by atoms with Crippen molar-refractivity contribution in [1.82, 2.24) is 5.32 Å². The van der Waals surface area contributed by atoms with Crippen LogP contribution in [0.15, 0.2) is 53.6 Å². The maximum absolute atomic E-state index is 14.6. The van der Waals surface area contributed by atoms with Crippen molar-refractivity contribution < 1.29 is 24.5 Å². The molecule has 5 N–H and O–H groups in total. The topological polar surface area (TPSA) is 125 Å². The smallest absolute Gasteiger partial charge is 0.160 e. The zero-order chi connectivity index (χ0) is 40.9. The molecule has 0 unspecified atom stereocenters. The van der Waals surface area contributed by atoms with Crippen LogP contribution in [0.1, 0.15) is 154 Å². The van der Waals surface area contributed by atoms with Gasteiger partial charge in [-0.3, -0.25) is 9.59 Å². The fraction of sp³-hybridized carbons (Fsp3) is 0.680. The molecule has 57 heavy (non-hydrogen) atoms. The van der Waals surface area contributed by atoms with Gasteiger partial charge < -0.3 is 26.0 Å². The lowest BCUT2D eigenvalue weighted by molar-refractivity contribution is -0.183. The number of aliphatic hydroxyl groups excluding tert-OH is 1. The first kappa shape index (κ1) is 40.8. The third-order valence-electron chi connectivity index (χ3n) is 17.7. The van der Waals surface area contributed by atoms with Crippen LogP contribution in [0.5, 0.6) is 5.75 Å². The van der Waals surface area contributed by atoms with E-state index < -0.39 is 11.5 Å². The van der Waals surface area contributed by atoms with Gasteiger partial charge >= 0.3 is 0 Å². The van der Waals surface area contributed by atoms with E-state index in [1.165, 1.54) is 11.1 Å². The van der Waals surface area contributed by atoms with Crippen molar-refractivity contribution >= 4 is 17.3 Å². The molecule has 12 atom stereocenters. The Morgan fingerprint density at radius 1 is 0.965 bits per heavy atom. The number of epoxide rings is 1.